The predicted octanol–water partition coefficient (Wildman–Crippen LogP) is 4.01. The number of benzene rings is 2. The highest BCUT2D eigenvalue weighted by Crippen LogP contribution is 2.37. The number of alkyl halides is 3. The van der Waals surface area contributed by atoms with Gasteiger partial charge in [0.2, 0.25) is 0 Å². The number of carbonyl (C=O) groups excluding carboxylic acids is 1. The van der Waals surface area contributed by atoms with Crippen molar-refractivity contribution < 1.29 is 23.1 Å². The first-order chi connectivity index (χ1) is 11.8. The molecule has 1 aromatic heterocycles. The molecule has 4 nitrogen and oxygen atoms in total. The quantitative estimate of drug-likeness (QED) is 0.761. The van der Waals surface area contributed by atoms with Gasteiger partial charge < -0.3 is 15.2 Å². The number of nitrogens with zero attached hydrogens (tertiary/aromatic N) is 1. The number of halogens is 4. The summed E-state index contributed by atoms with van der Waals surface area (Å²) in [6, 6.07) is 9.78. The largest absolute Gasteiger partial charge is 0.545 e. The van der Waals surface area contributed by atoms with Gasteiger partial charge in [-0.2, -0.15) is 13.2 Å². The summed E-state index contributed by atoms with van der Waals surface area (Å²) in [7, 11) is 0. The van der Waals surface area contributed by atoms with Gasteiger partial charge in [-0.1, -0.05) is 29.8 Å². The zero-order valence-electron chi connectivity index (χ0n) is 12.4. The highest BCUT2D eigenvalue weighted by molar-refractivity contribution is 6.30. The molecule has 0 saturated heterocycles. The minimum Gasteiger partial charge on any atom is -0.545 e. The number of nitrogens with one attached hydrogen (secondary N) is 1. The maximum atomic E-state index is 13.2. The molecule has 1 heterocycles. The van der Waals surface area contributed by atoms with Gasteiger partial charge in [0.25, 0.3) is 0 Å². The Morgan fingerprint density at radius 2 is 1.88 bits per heavy atom. The number of hydrogen-bond acceptors (Lipinski definition) is 4. The van der Waals surface area contributed by atoms with Crippen molar-refractivity contribution in [1.82, 2.24) is 4.98 Å². The fourth-order valence-electron chi connectivity index (χ4n) is 2.45. The van der Waals surface area contributed by atoms with Crippen LogP contribution in [0.5, 0.6) is 0 Å². The summed E-state index contributed by atoms with van der Waals surface area (Å²) in [6.45, 7) is 0. The van der Waals surface area contributed by atoms with Crippen LogP contribution in [0.4, 0.5) is 24.5 Å². The van der Waals surface area contributed by atoms with Crippen molar-refractivity contribution >= 4 is 39.8 Å². The van der Waals surface area contributed by atoms with Crippen LogP contribution in [0.1, 0.15) is 15.9 Å². The third-order valence-corrected chi connectivity index (χ3v) is 3.75. The number of carboxylic acid groups (broad SMARTS) is 1. The van der Waals surface area contributed by atoms with Crippen LogP contribution in [0.3, 0.4) is 0 Å². The van der Waals surface area contributed by atoms with E-state index in [2.05, 4.69) is 10.3 Å². The summed E-state index contributed by atoms with van der Waals surface area (Å²) in [5, 5.41) is 14.6. The van der Waals surface area contributed by atoms with Crippen molar-refractivity contribution in [2.24, 2.45) is 0 Å². The first kappa shape index (κ1) is 17.0. The van der Waals surface area contributed by atoms with E-state index in [-0.39, 0.29) is 22.2 Å². The second kappa shape index (κ2) is 6.25. The molecule has 3 aromatic rings. The van der Waals surface area contributed by atoms with E-state index in [1.165, 1.54) is 18.2 Å². The molecule has 0 spiro atoms. The number of rotatable bonds is 3. The Morgan fingerprint density at radius 3 is 2.52 bits per heavy atom. The van der Waals surface area contributed by atoms with Crippen LogP contribution < -0.4 is 10.4 Å². The predicted molar refractivity (Wildman–Crippen MR) is 85.8 cm³/mol. The van der Waals surface area contributed by atoms with Gasteiger partial charge in [-0.15, -0.1) is 0 Å². The van der Waals surface area contributed by atoms with E-state index >= 15 is 0 Å². The Balaban J connectivity index is 2.27. The average Bonchev–Trinajstić information content (AvgIpc) is 2.53. The molecule has 2 aromatic carbocycles. The maximum absolute atomic E-state index is 13.2. The Hall–Kier alpha value is -2.80. The van der Waals surface area contributed by atoms with Crippen LogP contribution in [0.2, 0.25) is 5.02 Å². The van der Waals surface area contributed by atoms with Gasteiger partial charge in [-0.05, 0) is 24.3 Å². The SMILES string of the molecule is O=C([O-])c1cnc2c(C(F)(F)F)cccc2c1Nc1cccc(Cl)c1. The molecule has 8 heteroatoms. The molecule has 0 aliphatic heterocycles. The Labute approximate surface area is 144 Å². The molecule has 0 amide bonds. The third-order valence-electron chi connectivity index (χ3n) is 3.52. The van der Waals surface area contributed by atoms with E-state index in [1.54, 1.807) is 18.2 Å². The van der Waals surface area contributed by atoms with Crippen LogP contribution in [0.25, 0.3) is 10.9 Å². The minimum atomic E-state index is -4.62. The van der Waals surface area contributed by atoms with E-state index in [9.17, 15) is 23.1 Å². The van der Waals surface area contributed by atoms with Crippen LogP contribution in [0.15, 0.2) is 48.7 Å². The fraction of sp³-hybridized carbons (Fsp3) is 0.0588. The summed E-state index contributed by atoms with van der Waals surface area (Å²) in [6.07, 6.45) is -3.78. The van der Waals surface area contributed by atoms with Gasteiger partial charge in [0, 0.05) is 27.9 Å². The number of fused-ring (bicyclic) bond motifs is 1. The van der Waals surface area contributed by atoms with Crippen LogP contribution in [-0.4, -0.2) is 11.0 Å². The van der Waals surface area contributed by atoms with Crippen molar-refractivity contribution in [3.8, 4) is 0 Å². The van der Waals surface area contributed by atoms with Crippen molar-refractivity contribution in [2.75, 3.05) is 5.32 Å². The van der Waals surface area contributed by atoms with Crippen molar-refractivity contribution in [1.29, 1.82) is 0 Å². The zero-order chi connectivity index (χ0) is 18.2. The summed E-state index contributed by atoms with van der Waals surface area (Å²) in [5.74, 6) is -1.56. The lowest BCUT2D eigenvalue weighted by atomic mass is 10.0. The van der Waals surface area contributed by atoms with E-state index in [0.29, 0.717) is 10.7 Å². The monoisotopic (exact) mass is 365 g/mol. The lowest BCUT2D eigenvalue weighted by Crippen LogP contribution is -2.24. The van der Waals surface area contributed by atoms with Crippen LogP contribution in [0, 0.1) is 0 Å². The number of carboxylic acids is 1. The second-order valence-electron chi connectivity index (χ2n) is 5.17. The highest BCUT2D eigenvalue weighted by Gasteiger charge is 2.33. The summed E-state index contributed by atoms with van der Waals surface area (Å²) in [5.41, 5.74) is -1.29. The van der Waals surface area contributed by atoms with E-state index in [0.717, 1.165) is 12.3 Å². The van der Waals surface area contributed by atoms with Crippen molar-refractivity contribution in [3.05, 3.63) is 64.8 Å². The number of carbonyl (C=O) groups is 1. The zero-order valence-corrected chi connectivity index (χ0v) is 13.2. The molecule has 0 aliphatic rings. The molecule has 0 unspecified atom stereocenters. The van der Waals surface area contributed by atoms with Crippen LogP contribution >= 0.6 is 11.6 Å². The summed E-state index contributed by atoms with van der Waals surface area (Å²) < 4.78 is 39.5. The Morgan fingerprint density at radius 1 is 1.16 bits per heavy atom. The normalized spacial score (nSPS) is 11.5. The summed E-state index contributed by atoms with van der Waals surface area (Å²) >= 11 is 5.89. The number of aromatic carboxylic acids is 1. The van der Waals surface area contributed by atoms with E-state index in [1.807, 2.05) is 0 Å². The standard InChI is InChI=1S/C17H10ClF3N2O2/c18-9-3-1-4-10(7-9)23-14-11-5-2-6-13(17(19,20)21)15(11)22-8-12(14)16(24)25/h1-8H,(H,22,23)(H,24,25)/p-1. The topological polar surface area (TPSA) is 65.0 Å². The first-order valence-corrected chi connectivity index (χ1v) is 7.38. The number of aromatic nitrogens is 1. The van der Waals surface area contributed by atoms with Gasteiger partial charge in [0.1, 0.15) is 0 Å². The lowest BCUT2D eigenvalue weighted by molar-refractivity contribution is -0.254. The minimum absolute atomic E-state index is 0.0106. The van der Waals surface area contributed by atoms with Gasteiger partial charge in [0.05, 0.1) is 22.7 Å². The molecule has 3 rings (SSSR count). The number of para-hydroxylation sites is 1. The van der Waals surface area contributed by atoms with Crippen molar-refractivity contribution in [3.63, 3.8) is 0 Å². The molecule has 0 fully saturated rings. The summed E-state index contributed by atoms with van der Waals surface area (Å²) in [4.78, 5) is 15.0. The first-order valence-electron chi connectivity index (χ1n) is 7.00. The Kier molecular flexibility index (Phi) is 4.26. The molecular weight excluding hydrogens is 357 g/mol. The van der Waals surface area contributed by atoms with E-state index < -0.39 is 17.7 Å². The third kappa shape index (κ3) is 3.36. The molecule has 0 bridgehead atoms. The van der Waals surface area contributed by atoms with Gasteiger partial charge in [0.15, 0.2) is 0 Å². The van der Waals surface area contributed by atoms with Crippen LogP contribution in [-0.2, 0) is 6.18 Å². The van der Waals surface area contributed by atoms with Gasteiger partial charge >= 0.3 is 6.18 Å². The van der Waals surface area contributed by atoms with Gasteiger partial charge in [-0.25, -0.2) is 0 Å². The van der Waals surface area contributed by atoms with E-state index in [4.69, 9.17) is 11.6 Å². The van der Waals surface area contributed by atoms with Crippen molar-refractivity contribution in [2.45, 2.75) is 6.18 Å². The number of pyridine rings is 1. The maximum Gasteiger partial charge on any atom is 0.418 e. The second-order valence-corrected chi connectivity index (χ2v) is 5.61. The molecular formula is C17H9ClF3N2O2-. The Bertz CT molecular complexity index is 974. The van der Waals surface area contributed by atoms with Gasteiger partial charge in [-0.3, -0.25) is 4.98 Å². The fourth-order valence-corrected chi connectivity index (χ4v) is 2.64. The molecule has 128 valence electrons. The number of anilines is 2. The molecule has 25 heavy (non-hydrogen) atoms. The molecule has 0 aliphatic carbocycles. The highest BCUT2D eigenvalue weighted by atomic mass is 35.5. The molecule has 1 N–H and O–H groups in total. The molecule has 0 radical (unpaired) electrons. The number of hydrogen-bond donors (Lipinski definition) is 1. The lowest BCUT2D eigenvalue weighted by Gasteiger charge is -2.17. The smallest absolute Gasteiger partial charge is 0.418 e. The average molecular weight is 366 g/mol. The molecule has 0 atom stereocenters. The molecule has 0 saturated carbocycles.